The first-order chi connectivity index (χ1) is 6.33. The lowest BCUT2D eigenvalue weighted by atomic mass is 10.2. The normalized spacial score (nSPS) is 10.3. The summed E-state index contributed by atoms with van der Waals surface area (Å²) in [5.41, 5.74) is 2.46. The van der Waals surface area contributed by atoms with Crippen LogP contribution in [0, 0.1) is 6.92 Å². The molecule has 2 N–H and O–H groups in total. The van der Waals surface area contributed by atoms with Crippen LogP contribution in [0.5, 0.6) is 0 Å². The molecule has 0 fully saturated rings. The van der Waals surface area contributed by atoms with Crippen LogP contribution in [0.2, 0.25) is 0 Å². The number of aryl methyl sites for hydroxylation is 1. The Kier molecular flexibility index (Phi) is 4.43. The maximum absolute atomic E-state index is 4.13. The number of likely N-dealkylation sites (N-methyl/N-ethyl adjacent to an activating group) is 1. The van der Waals surface area contributed by atoms with Gasteiger partial charge in [-0.25, -0.2) is 0 Å². The molecular weight excluding hydrogens is 162 g/mol. The van der Waals surface area contributed by atoms with E-state index in [4.69, 9.17) is 0 Å². The molecule has 1 heterocycles. The Bertz CT molecular complexity index is 248. The summed E-state index contributed by atoms with van der Waals surface area (Å²) in [5.74, 6) is 0. The molecule has 0 amide bonds. The minimum absolute atomic E-state index is 0.899. The zero-order valence-corrected chi connectivity index (χ0v) is 8.30. The summed E-state index contributed by atoms with van der Waals surface area (Å²) in [6, 6.07) is 2.15. The van der Waals surface area contributed by atoms with E-state index in [2.05, 4.69) is 28.6 Å². The summed E-state index contributed by atoms with van der Waals surface area (Å²) in [4.78, 5) is 4.13. The molecule has 0 bridgehead atoms. The predicted octanol–water partition coefficient (Wildman–Crippen LogP) is 0.699. The van der Waals surface area contributed by atoms with Crippen molar-refractivity contribution in [3.63, 3.8) is 0 Å². The summed E-state index contributed by atoms with van der Waals surface area (Å²) >= 11 is 0. The van der Waals surface area contributed by atoms with Gasteiger partial charge in [-0.3, -0.25) is 4.98 Å². The highest BCUT2D eigenvalue weighted by molar-refractivity contribution is 5.16. The lowest BCUT2D eigenvalue weighted by Gasteiger charge is -2.04. The molecule has 0 radical (unpaired) electrons. The zero-order valence-electron chi connectivity index (χ0n) is 8.30. The van der Waals surface area contributed by atoms with Crippen molar-refractivity contribution in [3.05, 3.63) is 29.6 Å². The van der Waals surface area contributed by atoms with Crippen LogP contribution in [-0.2, 0) is 6.54 Å². The van der Waals surface area contributed by atoms with Crippen LogP contribution in [0.15, 0.2) is 18.5 Å². The number of aromatic nitrogens is 1. The van der Waals surface area contributed by atoms with Crippen molar-refractivity contribution in [1.82, 2.24) is 15.6 Å². The average Bonchev–Trinajstić information content (AvgIpc) is 2.13. The molecule has 1 aromatic rings. The number of rotatable bonds is 5. The third-order valence-electron chi connectivity index (χ3n) is 1.81. The molecule has 0 aromatic carbocycles. The lowest BCUT2D eigenvalue weighted by Crippen LogP contribution is -2.24. The fourth-order valence-electron chi connectivity index (χ4n) is 1.16. The van der Waals surface area contributed by atoms with Gasteiger partial charge in [0.25, 0.3) is 0 Å². The number of nitrogens with zero attached hydrogens (tertiary/aromatic N) is 1. The minimum atomic E-state index is 0.899. The second-order valence-electron chi connectivity index (χ2n) is 3.15. The van der Waals surface area contributed by atoms with Gasteiger partial charge in [0, 0.05) is 32.0 Å². The molecule has 1 rings (SSSR count). The van der Waals surface area contributed by atoms with Crippen LogP contribution >= 0.6 is 0 Å². The van der Waals surface area contributed by atoms with Gasteiger partial charge in [-0.2, -0.15) is 0 Å². The molecule has 0 unspecified atom stereocenters. The van der Waals surface area contributed by atoms with Crippen LogP contribution in [0.25, 0.3) is 0 Å². The SMILES string of the molecule is CNCCNCc1cncc(C)c1. The van der Waals surface area contributed by atoms with E-state index >= 15 is 0 Å². The molecule has 0 aliphatic carbocycles. The number of nitrogens with one attached hydrogen (secondary N) is 2. The van der Waals surface area contributed by atoms with E-state index in [1.165, 1.54) is 11.1 Å². The van der Waals surface area contributed by atoms with E-state index in [9.17, 15) is 0 Å². The molecule has 72 valence electrons. The van der Waals surface area contributed by atoms with Crippen molar-refractivity contribution in [2.45, 2.75) is 13.5 Å². The fourth-order valence-corrected chi connectivity index (χ4v) is 1.16. The number of hydrogen-bond acceptors (Lipinski definition) is 3. The molecule has 13 heavy (non-hydrogen) atoms. The Hall–Kier alpha value is -0.930. The quantitative estimate of drug-likeness (QED) is 0.653. The van der Waals surface area contributed by atoms with E-state index in [0.717, 1.165) is 19.6 Å². The molecule has 1 aromatic heterocycles. The van der Waals surface area contributed by atoms with Crippen molar-refractivity contribution in [2.24, 2.45) is 0 Å². The predicted molar refractivity (Wildman–Crippen MR) is 54.6 cm³/mol. The first-order valence-corrected chi connectivity index (χ1v) is 4.59. The van der Waals surface area contributed by atoms with Gasteiger partial charge in [0.1, 0.15) is 0 Å². The minimum Gasteiger partial charge on any atom is -0.318 e. The van der Waals surface area contributed by atoms with Gasteiger partial charge in [0.05, 0.1) is 0 Å². The molecule has 0 aliphatic rings. The lowest BCUT2D eigenvalue weighted by molar-refractivity contribution is 0.649. The van der Waals surface area contributed by atoms with Crippen molar-refractivity contribution in [1.29, 1.82) is 0 Å². The molecule has 0 spiro atoms. The Morgan fingerprint density at radius 2 is 2.15 bits per heavy atom. The summed E-state index contributed by atoms with van der Waals surface area (Å²) < 4.78 is 0. The van der Waals surface area contributed by atoms with Crippen LogP contribution in [0.4, 0.5) is 0 Å². The van der Waals surface area contributed by atoms with E-state index in [1.807, 2.05) is 19.4 Å². The van der Waals surface area contributed by atoms with Gasteiger partial charge in [-0.1, -0.05) is 6.07 Å². The highest BCUT2D eigenvalue weighted by Gasteiger charge is 1.92. The average molecular weight is 179 g/mol. The van der Waals surface area contributed by atoms with E-state index < -0.39 is 0 Å². The smallest absolute Gasteiger partial charge is 0.0313 e. The van der Waals surface area contributed by atoms with Gasteiger partial charge >= 0.3 is 0 Å². The van der Waals surface area contributed by atoms with E-state index in [-0.39, 0.29) is 0 Å². The van der Waals surface area contributed by atoms with Crippen molar-refractivity contribution < 1.29 is 0 Å². The summed E-state index contributed by atoms with van der Waals surface area (Å²) in [7, 11) is 1.95. The molecule has 3 heteroatoms. The zero-order chi connectivity index (χ0) is 9.52. The molecule has 0 saturated carbocycles. The van der Waals surface area contributed by atoms with Crippen molar-refractivity contribution in [2.75, 3.05) is 20.1 Å². The fraction of sp³-hybridized carbons (Fsp3) is 0.500. The van der Waals surface area contributed by atoms with E-state index in [1.54, 1.807) is 0 Å². The van der Waals surface area contributed by atoms with Gasteiger partial charge in [-0.05, 0) is 25.1 Å². The highest BCUT2D eigenvalue weighted by atomic mass is 14.9. The topological polar surface area (TPSA) is 37.0 Å². The first-order valence-electron chi connectivity index (χ1n) is 4.59. The Balaban J connectivity index is 2.28. The molecular formula is C10H17N3. The second kappa shape index (κ2) is 5.67. The monoisotopic (exact) mass is 179 g/mol. The third-order valence-corrected chi connectivity index (χ3v) is 1.81. The first kappa shape index (κ1) is 10.2. The Morgan fingerprint density at radius 1 is 1.31 bits per heavy atom. The van der Waals surface area contributed by atoms with Crippen molar-refractivity contribution in [3.8, 4) is 0 Å². The van der Waals surface area contributed by atoms with Gasteiger partial charge in [0.15, 0.2) is 0 Å². The standard InChI is InChI=1S/C10H17N3/c1-9-5-10(8-13-6-9)7-12-4-3-11-2/h5-6,8,11-12H,3-4,7H2,1-2H3. The molecule has 0 atom stereocenters. The van der Waals surface area contributed by atoms with Gasteiger partial charge in [0.2, 0.25) is 0 Å². The van der Waals surface area contributed by atoms with Crippen molar-refractivity contribution >= 4 is 0 Å². The van der Waals surface area contributed by atoms with Gasteiger partial charge in [-0.15, -0.1) is 0 Å². The number of pyridine rings is 1. The second-order valence-corrected chi connectivity index (χ2v) is 3.15. The molecule has 0 aliphatic heterocycles. The number of hydrogen-bond donors (Lipinski definition) is 2. The van der Waals surface area contributed by atoms with Crippen LogP contribution in [0.1, 0.15) is 11.1 Å². The summed E-state index contributed by atoms with van der Waals surface area (Å²) in [6.45, 7) is 4.95. The maximum Gasteiger partial charge on any atom is 0.0313 e. The van der Waals surface area contributed by atoms with Crippen LogP contribution in [-0.4, -0.2) is 25.1 Å². The molecule has 3 nitrogen and oxygen atoms in total. The maximum atomic E-state index is 4.13. The largest absolute Gasteiger partial charge is 0.318 e. The van der Waals surface area contributed by atoms with Crippen LogP contribution < -0.4 is 10.6 Å². The Labute approximate surface area is 79.6 Å². The third kappa shape index (κ3) is 4.01. The van der Waals surface area contributed by atoms with E-state index in [0.29, 0.717) is 0 Å². The molecule has 0 saturated heterocycles. The summed E-state index contributed by atoms with van der Waals surface area (Å²) in [5, 5.41) is 6.41. The van der Waals surface area contributed by atoms with Gasteiger partial charge < -0.3 is 10.6 Å². The van der Waals surface area contributed by atoms with Crippen LogP contribution in [0.3, 0.4) is 0 Å². The highest BCUT2D eigenvalue weighted by Crippen LogP contribution is 1.99. The Morgan fingerprint density at radius 3 is 2.85 bits per heavy atom. The summed E-state index contributed by atoms with van der Waals surface area (Å²) in [6.07, 6.45) is 3.77.